The Morgan fingerprint density at radius 2 is 2.23 bits per heavy atom. The number of aliphatic hydroxyl groups is 1. The van der Waals surface area contributed by atoms with Gasteiger partial charge in [-0.25, -0.2) is 0 Å². The molecule has 0 atom stereocenters. The molecule has 0 saturated heterocycles. The Morgan fingerprint density at radius 3 is 2.92 bits per heavy atom. The van der Waals surface area contributed by atoms with Gasteiger partial charge in [-0.15, -0.1) is 24.0 Å². The lowest BCUT2D eigenvalue weighted by Crippen LogP contribution is -1.80. The number of thiol groups is 1. The van der Waals surface area contributed by atoms with Crippen molar-refractivity contribution in [1.29, 1.82) is 0 Å². The second-order valence-corrected chi connectivity index (χ2v) is 4.91. The van der Waals surface area contributed by atoms with Crippen LogP contribution in [0.3, 0.4) is 0 Å². The Kier molecular flexibility index (Phi) is 2.65. The smallest absolute Gasteiger partial charge is 0.0696 e. The molecule has 0 saturated carbocycles. The molecule has 0 spiro atoms. The second kappa shape index (κ2) is 3.61. The third-order valence-electron chi connectivity index (χ3n) is 1.90. The highest BCUT2D eigenvalue weighted by molar-refractivity contribution is 9.10. The normalized spacial score (nSPS) is 11.0. The highest BCUT2D eigenvalue weighted by Crippen LogP contribution is 2.36. The summed E-state index contributed by atoms with van der Waals surface area (Å²) in [4.78, 5) is 0.920. The zero-order chi connectivity index (χ0) is 9.42. The minimum Gasteiger partial charge on any atom is -0.392 e. The molecule has 13 heavy (non-hydrogen) atoms. The molecule has 0 aliphatic rings. The van der Waals surface area contributed by atoms with Crippen LogP contribution in [0.2, 0.25) is 0 Å². The first kappa shape index (κ1) is 9.52. The predicted octanol–water partition coefficient (Wildman–Crippen LogP) is 3.44. The SMILES string of the molecule is OCc1csc2c(Br)ccc(S)c12. The molecule has 1 aromatic heterocycles. The molecule has 1 heterocycles. The lowest BCUT2D eigenvalue weighted by Gasteiger charge is -1.99. The first-order valence-electron chi connectivity index (χ1n) is 3.72. The van der Waals surface area contributed by atoms with Crippen LogP contribution in [0.5, 0.6) is 0 Å². The van der Waals surface area contributed by atoms with Crippen LogP contribution in [-0.4, -0.2) is 5.11 Å². The van der Waals surface area contributed by atoms with Gasteiger partial charge in [0.1, 0.15) is 0 Å². The molecule has 2 aromatic rings. The summed E-state index contributed by atoms with van der Waals surface area (Å²) in [5.41, 5.74) is 0.950. The van der Waals surface area contributed by atoms with Gasteiger partial charge in [-0.2, -0.15) is 0 Å². The van der Waals surface area contributed by atoms with Crippen LogP contribution in [0, 0.1) is 0 Å². The van der Waals surface area contributed by atoms with Gasteiger partial charge in [0, 0.05) is 19.5 Å². The van der Waals surface area contributed by atoms with Crippen LogP contribution in [0.25, 0.3) is 10.1 Å². The molecule has 2 rings (SSSR count). The van der Waals surface area contributed by atoms with Gasteiger partial charge in [0.05, 0.1) is 6.61 Å². The van der Waals surface area contributed by atoms with Crippen LogP contribution < -0.4 is 0 Å². The molecule has 0 radical (unpaired) electrons. The van der Waals surface area contributed by atoms with Gasteiger partial charge in [-0.3, -0.25) is 0 Å². The maximum absolute atomic E-state index is 9.10. The minimum absolute atomic E-state index is 0.0734. The molecule has 0 amide bonds. The van der Waals surface area contributed by atoms with Crippen LogP contribution in [-0.2, 0) is 6.61 Å². The van der Waals surface area contributed by atoms with E-state index in [2.05, 4.69) is 28.6 Å². The molecule has 0 aliphatic carbocycles. The van der Waals surface area contributed by atoms with Gasteiger partial charge in [0.2, 0.25) is 0 Å². The van der Waals surface area contributed by atoms with Crippen LogP contribution in [0.1, 0.15) is 5.56 Å². The number of benzene rings is 1. The van der Waals surface area contributed by atoms with Crippen molar-refractivity contribution < 1.29 is 5.11 Å². The van der Waals surface area contributed by atoms with Gasteiger partial charge in [-0.1, -0.05) is 0 Å². The van der Waals surface area contributed by atoms with Crippen molar-refractivity contribution in [2.24, 2.45) is 0 Å². The summed E-state index contributed by atoms with van der Waals surface area (Å²) in [6.45, 7) is 0.0734. The number of aliphatic hydroxyl groups excluding tert-OH is 1. The summed E-state index contributed by atoms with van der Waals surface area (Å²) < 4.78 is 2.21. The summed E-state index contributed by atoms with van der Waals surface area (Å²) in [6, 6.07) is 3.91. The van der Waals surface area contributed by atoms with E-state index < -0.39 is 0 Å². The van der Waals surface area contributed by atoms with Crippen molar-refractivity contribution in [2.75, 3.05) is 0 Å². The fourth-order valence-corrected chi connectivity index (χ4v) is 3.29. The van der Waals surface area contributed by atoms with Gasteiger partial charge in [-0.05, 0) is 39.0 Å². The highest BCUT2D eigenvalue weighted by atomic mass is 79.9. The largest absolute Gasteiger partial charge is 0.392 e. The standard InChI is InChI=1S/C9H7BrOS2/c10-6-1-2-7(12)8-5(3-11)4-13-9(6)8/h1-2,4,11-12H,3H2. The van der Waals surface area contributed by atoms with Gasteiger partial charge >= 0.3 is 0 Å². The Morgan fingerprint density at radius 1 is 1.46 bits per heavy atom. The van der Waals surface area contributed by atoms with E-state index in [1.54, 1.807) is 11.3 Å². The zero-order valence-corrected chi connectivity index (χ0v) is 9.92. The molecule has 0 unspecified atom stereocenters. The van der Waals surface area contributed by atoms with Crippen LogP contribution in [0.15, 0.2) is 26.9 Å². The Labute approximate surface area is 93.9 Å². The average Bonchev–Trinajstić information content (AvgIpc) is 2.56. The number of hydrogen-bond donors (Lipinski definition) is 2. The van der Waals surface area contributed by atoms with E-state index in [9.17, 15) is 0 Å². The van der Waals surface area contributed by atoms with Crippen LogP contribution >= 0.6 is 39.9 Å². The molecule has 0 aliphatic heterocycles. The van der Waals surface area contributed by atoms with E-state index in [-0.39, 0.29) is 6.61 Å². The lowest BCUT2D eigenvalue weighted by atomic mass is 10.2. The quantitative estimate of drug-likeness (QED) is 0.764. The molecule has 1 N–H and O–H groups in total. The number of rotatable bonds is 1. The first-order valence-corrected chi connectivity index (χ1v) is 5.84. The van der Waals surface area contributed by atoms with Gasteiger partial charge in [0.25, 0.3) is 0 Å². The van der Waals surface area contributed by atoms with E-state index in [0.717, 1.165) is 25.0 Å². The van der Waals surface area contributed by atoms with Crippen LogP contribution in [0.4, 0.5) is 0 Å². The molecule has 0 fully saturated rings. The maximum atomic E-state index is 9.10. The van der Waals surface area contributed by atoms with E-state index in [4.69, 9.17) is 5.11 Å². The minimum atomic E-state index is 0.0734. The molecular formula is C9H7BrOS2. The summed E-state index contributed by atoms with van der Waals surface area (Å²) in [5, 5.41) is 12.1. The number of thiophene rings is 1. The molecule has 4 heteroatoms. The topological polar surface area (TPSA) is 20.2 Å². The zero-order valence-electron chi connectivity index (χ0n) is 6.62. The van der Waals surface area contributed by atoms with E-state index in [0.29, 0.717) is 0 Å². The molecule has 0 bridgehead atoms. The van der Waals surface area contributed by atoms with Crippen molar-refractivity contribution in [3.8, 4) is 0 Å². The average molecular weight is 275 g/mol. The second-order valence-electron chi connectivity index (χ2n) is 2.69. The van der Waals surface area contributed by atoms with Crippen molar-refractivity contribution in [1.82, 2.24) is 0 Å². The number of halogens is 1. The molecule has 1 aromatic carbocycles. The lowest BCUT2D eigenvalue weighted by molar-refractivity contribution is 0.283. The summed E-state index contributed by atoms with van der Waals surface area (Å²) in [5.74, 6) is 0. The Bertz CT molecular complexity index is 450. The van der Waals surface area contributed by atoms with Crippen molar-refractivity contribution >= 4 is 50.0 Å². The first-order chi connectivity index (χ1) is 6.24. The van der Waals surface area contributed by atoms with E-state index in [1.165, 1.54) is 0 Å². The maximum Gasteiger partial charge on any atom is 0.0696 e. The third-order valence-corrected chi connectivity index (χ3v) is 4.26. The Balaban J connectivity index is 2.87. The third kappa shape index (κ3) is 1.52. The van der Waals surface area contributed by atoms with Crippen molar-refractivity contribution in [2.45, 2.75) is 11.5 Å². The predicted molar refractivity (Wildman–Crippen MR) is 62.7 cm³/mol. The monoisotopic (exact) mass is 274 g/mol. The van der Waals surface area contributed by atoms with E-state index >= 15 is 0 Å². The molecule has 1 nitrogen and oxygen atoms in total. The van der Waals surface area contributed by atoms with Gasteiger partial charge < -0.3 is 5.11 Å². The van der Waals surface area contributed by atoms with Gasteiger partial charge in [0.15, 0.2) is 0 Å². The summed E-state index contributed by atoms with van der Waals surface area (Å²) in [6.07, 6.45) is 0. The summed E-state index contributed by atoms with van der Waals surface area (Å²) >= 11 is 9.45. The number of hydrogen-bond acceptors (Lipinski definition) is 3. The van der Waals surface area contributed by atoms with Crippen molar-refractivity contribution in [3.63, 3.8) is 0 Å². The summed E-state index contributed by atoms with van der Waals surface area (Å²) in [7, 11) is 0. The fraction of sp³-hybridized carbons (Fsp3) is 0.111. The number of fused-ring (bicyclic) bond motifs is 1. The highest BCUT2D eigenvalue weighted by Gasteiger charge is 2.08. The fourth-order valence-electron chi connectivity index (χ4n) is 1.28. The van der Waals surface area contributed by atoms with E-state index in [1.807, 2.05) is 17.5 Å². The van der Waals surface area contributed by atoms with Crippen molar-refractivity contribution in [3.05, 3.63) is 27.5 Å². The molecule has 68 valence electrons. The Hall–Kier alpha value is -0.0300. The molecular weight excluding hydrogens is 268 g/mol.